The van der Waals surface area contributed by atoms with Gasteiger partial charge < -0.3 is 0 Å². The molecule has 1 fully saturated rings. The summed E-state index contributed by atoms with van der Waals surface area (Å²) in [5, 5.41) is 0. The van der Waals surface area contributed by atoms with E-state index in [2.05, 4.69) is 24.0 Å². The second kappa shape index (κ2) is 5.29. The Labute approximate surface area is 92.9 Å². The van der Waals surface area contributed by atoms with Crippen LogP contribution < -0.4 is 0 Å². The number of nitrogens with zero attached hydrogens (tertiary/aromatic N) is 1. The molecule has 2 unspecified atom stereocenters. The molecule has 82 valence electrons. The van der Waals surface area contributed by atoms with Crippen LogP contribution in [0.5, 0.6) is 0 Å². The standard InChI is InChI=1S/C14H21N/c1-12-4-2-5-13(8-7-12)10-14-6-3-9-15-11-14/h3,6,9,11-13H,2,4-5,7-8,10H2,1H3. The van der Waals surface area contributed by atoms with Crippen molar-refractivity contribution in [3.63, 3.8) is 0 Å². The number of aromatic nitrogens is 1. The number of hydrogen-bond acceptors (Lipinski definition) is 1. The third-order valence-corrected chi connectivity index (χ3v) is 3.62. The summed E-state index contributed by atoms with van der Waals surface area (Å²) >= 11 is 0. The predicted molar refractivity (Wildman–Crippen MR) is 63.7 cm³/mol. The van der Waals surface area contributed by atoms with E-state index in [0.717, 1.165) is 11.8 Å². The van der Waals surface area contributed by atoms with Crippen LogP contribution in [0.3, 0.4) is 0 Å². The molecule has 1 heteroatoms. The van der Waals surface area contributed by atoms with Crippen LogP contribution in [0.15, 0.2) is 24.5 Å². The molecule has 1 heterocycles. The van der Waals surface area contributed by atoms with E-state index < -0.39 is 0 Å². The minimum Gasteiger partial charge on any atom is -0.264 e. The molecule has 1 aromatic rings. The van der Waals surface area contributed by atoms with Gasteiger partial charge in [0.1, 0.15) is 0 Å². The smallest absolute Gasteiger partial charge is 0.0299 e. The van der Waals surface area contributed by atoms with Crippen LogP contribution in [-0.2, 0) is 6.42 Å². The number of pyridine rings is 1. The minimum absolute atomic E-state index is 0.902. The van der Waals surface area contributed by atoms with E-state index in [1.165, 1.54) is 44.1 Å². The molecule has 0 saturated heterocycles. The number of rotatable bonds is 2. The van der Waals surface area contributed by atoms with Gasteiger partial charge in [0.2, 0.25) is 0 Å². The van der Waals surface area contributed by atoms with Crippen molar-refractivity contribution >= 4 is 0 Å². The van der Waals surface area contributed by atoms with Crippen LogP contribution in [0.25, 0.3) is 0 Å². The molecule has 2 rings (SSSR count). The molecule has 0 N–H and O–H groups in total. The highest BCUT2D eigenvalue weighted by Gasteiger charge is 2.16. The molecule has 0 radical (unpaired) electrons. The lowest BCUT2D eigenvalue weighted by Gasteiger charge is -2.13. The van der Waals surface area contributed by atoms with E-state index in [0.29, 0.717) is 0 Å². The zero-order valence-electron chi connectivity index (χ0n) is 9.65. The third-order valence-electron chi connectivity index (χ3n) is 3.62. The van der Waals surface area contributed by atoms with Crippen molar-refractivity contribution in [3.05, 3.63) is 30.1 Å². The molecule has 1 nitrogen and oxygen atoms in total. The topological polar surface area (TPSA) is 12.9 Å². The Morgan fingerprint density at radius 2 is 2.20 bits per heavy atom. The summed E-state index contributed by atoms with van der Waals surface area (Å²) < 4.78 is 0. The largest absolute Gasteiger partial charge is 0.264 e. The van der Waals surface area contributed by atoms with Gasteiger partial charge >= 0.3 is 0 Å². The average Bonchev–Trinajstić information content (AvgIpc) is 2.46. The van der Waals surface area contributed by atoms with Crippen molar-refractivity contribution in [2.75, 3.05) is 0 Å². The van der Waals surface area contributed by atoms with Gasteiger partial charge in [0, 0.05) is 12.4 Å². The molecule has 0 aromatic carbocycles. The van der Waals surface area contributed by atoms with Crippen LogP contribution >= 0.6 is 0 Å². The van der Waals surface area contributed by atoms with Gasteiger partial charge in [0.15, 0.2) is 0 Å². The van der Waals surface area contributed by atoms with Crippen molar-refractivity contribution in [1.29, 1.82) is 0 Å². The Bertz CT molecular complexity index is 281. The lowest BCUT2D eigenvalue weighted by molar-refractivity contribution is 0.443. The Morgan fingerprint density at radius 3 is 3.00 bits per heavy atom. The zero-order valence-corrected chi connectivity index (χ0v) is 9.65. The summed E-state index contributed by atoms with van der Waals surface area (Å²) in [5.41, 5.74) is 1.41. The highest BCUT2D eigenvalue weighted by atomic mass is 14.6. The van der Waals surface area contributed by atoms with Gasteiger partial charge in [0.05, 0.1) is 0 Å². The molecule has 0 bridgehead atoms. The fraction of sp³-hybridized carbons (Fsp3) is 0.643. The SMILES string of the molecule is CC1CCCC(Cc2cccnc2)CC1. The lowest BCUT2D eigenvalue weighted by atomic mass is 9.93. The summed E-state index contributed by atoms with van der Waals surface area (Å²) in [6, 6.07) is 4.26. The molecule has 1 saturated carbocycles. The first-order chi connectivity index (χ1) is 7.34. The monoisotopic (exact) mass is 203 g/mol. The fourth-order valence-electron chi connectivity index (χ4n) is 2.62. The first-order valence-electron chi connectivity index (χ1n) is 6.23. The highest BCUT2D eigenvalue weighted by molar-refractivity contribution is 5.09. The van der Waals surface area contributed by atoms with Crippen molar-refractivity contribution in [3.8, 4) is 0 Å². The first-order valence-corrected chi connectivity index (χ1v) is 6.23. The van der Waals surface area contributed by atoms with Gasteiger partial charge in [-0.25, -0.2) is 0 Å². The minimum atomic E-state index is 0.902. The van der Waals surface area contributed by atoms with Crippen molar-refractivity contribution < 1.29 is 0 Å². The van der Waals surface area contributed by atoms with Crippen molar-refractivity contribution in [1.82, 2.24) is 4.98 Å². The van der Waals surface area contributed by atoms with Crippen LogP contribution in [-0.4, -0.2) is 4.98 Å². The van der Waals surface area contributed by atoms with Gasteiger partial charge in [-0.1, -0.05) is 38.7 Å². The summed E-state index contributed by atoms with van der Waals surface area (Å²) in [6.45, 7) is 2.40. The van der Waals surface area contributed by atoms with Crippen LogP contribution in [0.4, 0.5) is 0 Å². The van der Waals surface area contributed by atoms with Crippen molar-refractivity contribution in [2.24, 2.45) is 11.8 Å². The Balaban J connectivity index is 1.89. The molecule has 1 aromatic heterocycles. The van der Waals surface area contributed by atoms with Crippen LogP contribution in [0.2, 0.25) is 0 Å². The zero-order chi connectivity index (χ0) is 10.5. The van der Waals surface area contributed by atoms with E-state index in [1.54, 1.807) is 0 Å². The van der Waals surface area contributed by atoms with Gasteiger partial charge in [-0.2, -0.15) is 0 Å². The van der Waals surface area contributed by atoms with Crippen LogP contribution in [0.1, 0.15) is 44.6 Å². The Morgan fingerprint density at radius 1 is 1.27 bits per heavy atom. The molecule has 0 spiro atoms. The second-order valence-corrected chi connectivity index (χ2v) is 5.04. The van der Waals surface area contributed by atoms with E-state index in [1.807, 2.05) is 12.4 Å². The predicted octanol–water partition coefficient (Wildman–Crippen LogP) is 3.84. The summed E-state index contributed by atoms with van der Waals surface area (Å²) in [6.07, 6.45) is 12.2. The van der Waals surface area contributed by atoms with Gasteiger partial charge in [-0.05, 0) is 36.3 Å². The fourth-order valence-corrected chi connectivity index (χ4v) is 2.62. The molecule has 2 atom stereocenters. The van der Waals surface area contributed by atoms with E-state index >= 15 is 0 Å². The third kappa shape index (κ3) is 3.33. The summed E-state index contributed by atoms with van der Waals surface area (Å²) in [7, 11) is 0. The van der Waals surface area contributed by atoms with Crippen LogP contribution in [0, 0.1) is 11.8 Å². The Kier molecular flexibility index (Phi) is 3.76. The van der Waals surface area contributed by atoms with Gasteiger partial charge in [-0.15, -0.1) is 0 Å². The highest BCUT2D eigenvalue weighted by Crippen LogP contribution is 2.28. The maximum absolute atomic E-state index is 4.19. The molecule has 0 aliphatic heterocycles. The lowest BCUT2D eigenvalue weighted by Crippen LogP contribution is -2.03. The van der Waals surface area contributed by atoms with Crippen molar-refractivity contribution in [2.45, 2.75) is 45.4 Å². The summed E-state index contributed by atoms with van der Waals surface area (Å²) in [4.78, 5) is 4.19. The maximum atomic E-state index is 4.19. The van der Waals surface area contributed by atoms with Gasteiger partial charge in [-0.3, -0.25) is 4.98 Å². The molecule has 15 heavy (non-hydrogen) atoms. The molecule has 0 amide bonds. The average molecular weight is 203 g/mol. The first kappa shape index (κ1) is 10.7. The van der Waals surface area contributed by atoms with E-state index in [4.69, 9.17) is 0 Å². The Hall–Kier alpha value is -0.850. The molecular weight excluding hydrogens is 182 g/mol. The van der Waals surface area contributed by atoms with E-state index in [-0.39, 0.29) is 0 Å². The second-order valence-electron chi connectivity index (χ2n) is 5.04. The normalized spacial score (nSPS) is 27.3. The number of hydrogen-bond donors (Lipinski definition) is 0. The maximum Gasteiger partial charge on any atom is 0.0299 e. The molecular formula is C14H21N. The van der Waals surface area contributed by atoms with Gasteiger partial charge in [0.25, 0.3) is 0 Å². The molecule has 1 aliphatic rings. The molecule has 1 aliphatic carbocycles. The van der Waals surface area contributed by atoms with E-state index in [9.17, 15) is 0 Å². The summed E-state index contributed by atoms with van der Waals surface area (Å²) in [5.74, 6) is 1.85. The quantitative estimate of drug-likeness (QED) is 0.665.